The molecule has 0 rings (SSSR count). The van der Waals surface area contributed by atoms with Gasteiger partial charge in [-0.25, -0.2) is 0 Å². The van der Waals surface area contributed by atoms with E-state index in [4.69, 9.17) is 0 Å². The number of rotatable bonds is 14. The van der Waals surface area contributed by atoms with Crippen molar-refractivity contribution in [3.8, 4) is 0 Å². The summed E-state index contributed by atoms with van der Waals surface area (Å²) >= 11 is 0. The zero-order chi connectivity index (χ0) is 24.3. The summed E-state index contributed by atoms with van der Waals surface area (Å²) in [7, 11) is 5.27. The van der Waals surface area contributed by atoms with Crippen molar-refractivity contribution >= 4 is 48.3 Å². The van der Waals surface area contributed by atoms with E-state index in [1.807, 2.05) is 6.92 Å². The molecule has 0 heterocycles. The van der Waals surface area contributed by atoms with Gasteiger partial charge in [0, 0.05) is 54.6 Å². The Morgan fingerprint density at radius 2 is 1.13 bits per heavy atom. The molecule has 0 amide bonds. The standard InChI is InChI=1S/C7H19NSi.C7H18Si.C5H14Si.C3H7.C2H10Si2.Ni/c1-4-8(2)6-5-7-9-3;1-3-5-7-8-6-4-2;1-3-4-5-6-2;1-3-2;1-4-2-3;/h4-7,9H2,1-3H3;3-8H2,1-2H3;3-6H2,1-2H3;1,3H2,2H3;2,4H2,1,3H3;/q;;;-1;;. The molecule has 1 nitrogen and oxygen atoms in total. The van der Waals surface area contributed by atoms with Crippen molar-refractivity contribution in [2.24, 2.45) is 0 Å². The fraction of sp³-hybridized carbons (Fsp3) is 0.958. The Morgan fingerprint density at radius 1 is 0.710 bits per heavy atom. The van der Waals surface area contributed by atoms with Crippen LogP contribution in [0.3, 0.4) is 0 Å². The molecule has 0 aromatic rings. The van der Waals surface area contributed by atoms with Crippen LogP contribution in [0, 0.1) is 6.92 Å². The Morgan fingerprint density at radius 3 is 1.42 bits per heavy atom. The maximum atomic E-state index is 3.49. The average molecular weight is 570 g/mol. The SMILES string of the molecule is CCCC[SiH2]C.CCCC[SiH2]CCC.CCN(C)CCC[SiH2]C.C[SiH2]C[SiH3].[CH2-]CC.[Ni]. The molecule has 0 N–H and O–H groups in total. The largest absolute Gasteiger partial charge is 0.344 e. The van der Waals surface area contributed by atoms with E-state index >= 15 is 0 Å². The zero-order valence-electron chi connectivity index (χ0n) is 24.2. The van der Waals surface area contributed by atoms with Gasteiger partial charge < -0.3 is 11.8 Å². The molecular formula is C24H68NNiSi5-. The molecule has 0 aromatic carbocycles. The smallest absolute Gasteiger partial charge is 0.0197 e. The van der Waals surface area contributed by atoms with E-state index in [1.165, 1.54) is 67.9 Å². The second-order valence-electron chi connectivity index (χ2n) is 8.22. The first-order valence-electron chi connectivity index (χ1n) is 13.9. The average Bonchev–Trinajstić information content (AvgIpc) is 2.77. The summed E-state index contributed by atoms with van der Waals surface area (Å²) in [5.74, 6) is 0. The van der Waals surface area contributed by atoms with Gasteiger partial charge in [0.1, 0.15) is 0 Å². The molecule has 200 valence electrons. The van der Waals surface area contributed by atoms with Gasteiger partial charge in [-0.15, -0.1) is 0 Å². The second kappa shape index (κ2) is 57.9. The maximum absolute atomic E-state index is 3.49. The van der Waals surface area contributed by atoms with Gasteiger partial charge in [-0.1, -0.05) is 116 Å². The molecule has 7 heteroatoms. The summed E-state index contributed by atoms with van der Waals surface area (Å²) in [5.41, 5.74) is 1.60. The molecular weight excluding hydrogens is 501 g/mol. The first kappa shape index (κ1) is 46.0. The molecule has 0 saturated heterocycles. The molecule has 0 aliphatic carbocycles. The Kier molecular flexibility index (Phi) is 85.8. The van der Waals surface area contributed by atoms with Crippen molar-refractivity contribution in [1.29, 1.82) is 0 Å². The topological polar surface area (TPSA) is 3.24 Å². The van der Waals surface area contributed by atoms with Crippen molar-refractivity contribution in [3.63, 3.8) is 0 Å². The first-order chi connectivity index (χ1) is 14.5. The normalized spacial score (nSPS) is 10.5. The predicted molar refractivity (Wildman–Crippen MR) is 169 cm³/mol. The molecule has 0 spiro atoms. The monoisotopic (exact) mass is 568 g/mol. The quantitative estimate of drug-likeness (QED) is 0.166. The zero-order valence-corrected chi connectivity index (χ0v) is 32.8. The minimum absolute atomic E-state index is 0. The van der Waals surface area contributed by atoms with Gasteiger partial charge in [0.25, 0.3) is 0 Å². The number of nitrogens with zero attached hydrogens (tertiary/aromatic N) is 1. The number of hydrogen-bond donors (Lipinski definition) is 0. The molecule has 0 atom stereocenters. The van der Waals surface area contributed by atoms with E-state index in [9.17, 15) is 0 Å². The number of unbranched alkanes of at least 4 members (excludes halogenated alkanes) is 2. The van der Waals surface area contributed by atoms with Crippen LogP contribution in [0.5, 0.6) is 0 Å². The van der Waals surface area contributed by atoms with Gasteiger partial charge in [0.2, 0.25) is 0 Å². The molecule has 0 unspecified atom stereocenters. The van der Waals surface area contributed by atoms with Crippen molar-refractivity contribution in [1.82, 2.24) is 4.90 Å². The predicted octanol–water partition coefficient (Wildman–Crippen LogP) is 4.76. The molecule has 0 aromatic heterocycles. The number of hydrogen-bond acceptors (Lipinski definition) is 1. The van der Waals surface area contributed by atoms with Gasteiger partial charge in [-0.3, -0.25) is 0 Å². The van der Waals surface area contributed by atoms with E-state index in [0.29, 0.717) is 38.1 Å². The van der Waals surface area contributed by atoms with Crippen LogP contribution in [0.2, 0.25) is 49.5 Å². The van der Waals surface area contributed by atoms with E-state index in [0.717, 1.165) is 6.42 Å². The fourth-order valence-electron chi connectivity index (χ4n) is 2.14. The van der Waals surface area contributed by atoms with Crippen LogP contribution < -0.4 is 0 Å². The Labute approximate surface area is 224 Å². The summed E-state index contributed by atoms with van der Waals surface area (Å²) in [6.07, 6.45) is 9.61. The van der Waals surface area contributed by atoms with E-state index < -0.39 is 0 Å². The van der Waals surface area contributed by atoms with Gasteiger partial charge in [0.05, 0.1) is 0 Å². The Hall–Kier alpha value is 1.54. The second-order valence-corrected chi connectivity index (χ2v) is 18.8. The van der Waals surface area contributed by atoms with E-state index in [-0.39, 0.29) is 16.5 Å². The Bertz CT molecular complexity index is 204. The molecule has 0 aliphatic heterocycles. The molecule has 0 fully saturated rings. The maximum Gasteiger partial charge on any atom is 0.0197 e. The van der Waals surface area contributed by atoms with Crippen LogP contribution in [-0.4, -0.2) is 73.4 Å². The van der Waals surface area contributed by atoms with Crippen LogP contribution in [0.4, 0.5) is 0 Å². The third-order valence-corrected chi connectivity index (χ3v) is 13.2. The molecule has 0 radical (unpaired) electrons. The summed E-state index contributed by atoms with van der Waals surface area (Å²) in [4.78, 5) is 2.38. The third kappa shape index (κ3) is 89.5. The summed E-state index contributed by atoms with van der Waals surface area (Å²) < 4.78 is 0. The van der Waals surface area contributed by atoms with E-state index in [1.54, 1.807) is 23.8 Å². The van der Waals surface area contributed by atoms with Crippen molar-refractivity contribution in [2.75, 3.05) is 20.1 Å². The van der Waals surface area contributed by atoms with Gasteiger partial charge in [-0.2, -0.15) is 6.42 Å². The minimum Gasteiger partial charge on any atom is -0.344 e. The fourth-order valence-corrected chi connectivity index (χ4v) is 5.57. The third-order valence-electron chi connectivity index (χ3n) is 4.60. The van der Waals surface area contributed by atoms with Crippen LogP contribution >= 0.6 is 0 Å². The summed E-state index contributed by atoms with van der Waals surface area (Å²) in [6, 6.07) is 6.23. The summed E-state index contributed by atoms with van der Waals surface area (Å²) in [6.45, 7) is 24.1. The molecule has 0 bridgehead atoms. The van der Waals surface area contributed by atoms with Crippen molar-refractivity contribution < 1.29 is 16.5 Å². The van der Waals surface area contributed by atoms with Crippen LogP contribution in [0.25, 0.3) is 0 Å². The van der Waals surface area contributed by atoms with Crippen LogP contribution in [-0.2, 0) is 16.5 Å². The van der Waals surface area contributed by atoms with Gasteiger partial charge in [0.15, 0.2) is 0 Å². The first-order valence-corrected chi connectivity index (χ1v) is 24.6. The molecule has 31 heavy (non-hydrogen) atoms. The van der Waals surface area contributed by atoms with E-state index in [2.05, 4.69) is 66.2 Å². The van der Waals surface area contributed by atoms with Gasteiger partial charge in [-0.05, 0) is 36.8 Å². The minimum atomic E-state index is 0. The molecule has 0 saturated carbocycles. The van der Waals surface area contributed by atoms with Crippen molar-refractivity contribution in [2.45, 2.75) is 129 Å². The Balaban J connectivity index is -0.0000000657. The van der Waals surface area contributed by atoms with Crippen LogP contribution in [0.1, 0.15) is 79.6 Å². The van der Waals surface area contributed by atoms with Crippen molar-refractivity contribution in [3.05, 3.63) is 6.92 Å². The van der Waals surface area contributed by atoms with Crippen LogP contribution in [0.15, 0.2) is 0 Å². The van der Waals surface area contributed by atoms with Gasteiger partial charge >= 0.3 is 0 Å². The summed E-state index contributed by atoms with van der Waals surface area (Å²) in [5, 5.41) is 0. The molecule has 0 aliphatic rings.